The van der Waals surface area contributed by atoms with E-state index in [2.05, 4.69) is 72.8 Å². The van der Waals surface area contributed by atoms with Gasteiger partial charge < -0.3 is 9.47 Å². The van der Waals surface area contributed by atoms with E-state index >= 15 is 0 Å². The fraction of sp³-hybridized carbons (Fsp3) is 0.161. The van der Waals surface area contributed by atoms with E-state index in [9.17, 15) is 9.59 Å². The Labute approximate surface area is 212 Å². The summed E-state index contributed by atoms with van der Waals surface area (Å²) in [6, 6.07) is 35.7. The molecular weight excluding hydrogens is 467 g/mol. The monoisotopic (exact) mass is 494 g/mol. The number of methoxy groups -OCH3 is 2. The average Bonchev–Trinajstić information content (AvgIpc) is 3.33. The first kappa shape index (κ1) is 24.0. The van der Waals surface area contributed by atoms with Gasteiger partial charge >= 0.3 is 11.9 Å². The van der Waals surface area contributed by atoms with E-state index < -0.39 is 25.3 Å². The van der Waals surface area contributed by atoms with Gasteiger partial charge in [-0.25, -0.2) is 0 Å². The molecule has 0 radical (unpaired) electrons. The number of benzene rings is 4. The van der Waals surface area contributed by atoms with Gasteiger partial charge in [0.2, 0.25) is 0 Å². The van der Waals surface area contributed by atoms with E-state index in [1.165, 1.54) is 30.1 Å². The molecule has 5 heteroatoms. The Hall–Kier alpha value is -3.75. The maximum atomic E-state index is 12.9. The van der Waals surface area contributed by atoms with Crippen LogP contribution in [0.5, 0.6) is 0 Å². The van der Waals surface area contributed by atoms with Crippen molar-refractivity contribution >= 4 is 35.8 Å². The first-order valence-corrected chi connectivity index (χ1v) is 13.2. The minimum absolute atomic E-state index is 0.260. The van der Waals surface area contributed by atoms with Crippen LogP contribution in [0.3, 0.4) is 0 Å². The minimum atomic E-state index is -1.36. The molecule has 5 rings (SSSR count). The topological polar surface area (TPSA) is 52.6 Å². The van der Waals surface area contributed by atoms with E-state index in [-0.39, 0.29) is 12.8 Å². The van der Waals surface area contributed by atoms with Gasteiger partial charge in [0, 0.05) is 0 Å². The predicted octanol–water partition coefficient (Wildman–Crippen LogP) is 4.54. The molecule has 0 aromatic heterocycles. The number of fused-ring (bicyclic) bond motifs is 1. The second kappa shape index (κ2) is 10.1. The van der Waals surface area contributed by atoms with Crippen LogP contribution in [0.2, 0.25) is 0 Å². The quantitative estimate of drug-likeness (QED) is 0.224. The summed E-state index contributed by atoms with van der Waals surface area (Å²) in [4.78, 5) is 25.8. The molecule has 1 aliphatic rings. The van der Waals surface area contributed by atoms with Crippen LogP contribution in [0.1, 0.15) is 11.1 Å². The van der Waals surface area contributed by atoms with E-state index in [0.717, 1.165) is 22.3 Å². The summed E-state index contributed by atoms with van der Waals surface area (Å²) < 4.78 is 10.2. The number of hydrogen-bond acceptors (Lipinski definition) is 4. The van der Waals surface area contributed by atoms with Crippen molar-refractivity contribution in [1.82, 2.24) is 0 Å². The molecule has 0 spiro atoms. The van der Waals surface area contributed by atoms with E-state index in [0.29, 0.717) is 0 Å². The molecule has 4 aromatic carbocycles. The van der Waals surface area contributed by atoms with Crippen LogP contribution in [0.25, 0.3) is 11.1 Å². The van der Waals surface area contributed by atoms with Crippen molar-refractivity contribution in [3.63, 3.8) is 0 Å². The van der Waals surface area contributed by atoms with Crippen molar-refractivity contribution in [3.8, 4) is 11.1 Å². The number of carbonyl (C=O) groups excluding carboxylic acids is 2. The summed E-state index contributed by atoms with van der Waals surface area (Å²) in [5.41, 5.74) is 2.81. The summed E-state index contributed by atoms with van der Waals surface area (Å²) in [5.74, 6) is -1.11. The Morgan fingerprint density at radius 2 is 1.11 bits per heavy atom. The molecular formula is C31H27O4P. The summed E-state index contributed by atoms with van der Waals surface area (Å²) >= 11 is 0. The molecule has 0 bridgehead atoms. The minimum Gasteiger partial charge on any atom is -0.468 e. The van der Waals surface area contributed by atoms with Crippen LogP contribution in [0.15, 0.2) is 103 Å². The van der Waals surface area contributed by atoms with Crippen LogP contribution in [0, 0.1) is 5.41 Å². The Morgan fingerprint density at radius 1 is 0.667 bits per heavy atom. The number of rotatable bonds is 6. The molecule has 0 saturated heterocycles. The molecule has 4 nitrogen and oxygen atoms in total. The van der Waals surface area contributed by atoms with Crippen molar-refractivity contribution in [2.75, 3.05) is 14.2 Å². The highest BCUT2D eigenvalue weighted by molar-refractivity contribution is 7.80. The predicted molar refractivity (Wildman–Crippen MR) is 144 cm³/mol. The molecule has 0 aliphatic heterocycles. The average molecular weight is 495 g/mol. The highest BCUT2D eigenvalue weighted by Crippen LogP contribution is 2.44. The smallest absolute Gasteiger partial charge is 0.323 e. The van der Waals surface area contributed by atoms with Crippen LogP contribution >= 0.6 is 7.92 Å². The maximum absolute atomic E-state index is 12.9. The number of hydrogen-bond donors (Lipinski definition) is 0. The molecule has 0 fully saturated rings. The molecule has 0 amide bonds. The first-order valence-electron chi connectivity index (χ1n) is 11.9. The Morgan fingerprint density at radius 3 is 1.58 bits per heavy atom. The van der Waals surface area contributed by atoms with Crippen molar-refractivity contribution < 1.29 is 19.1 Å². The largest absolute Gasteiger partial charge is 0.468 e. The maximum Gasteiger partial charge on any atom is 0.323 e. The lowest BCUT2D eigenvalue weighted by atomic mass is 9.85. The second-order valence-corrected chi connectivity index (χ2v) is 11.1. The molecule has 180 valence electrons. The summed E-state index contributed by atoms with van der Waals surface area (Å²) in [6.45, 7) is 0. The Bertz CT molecular complexity index is 1330. The van der Waals surface area contributed by atoms with E-state index in [1.54, 1.807) is 0 Å². The molecule has 0 atom stereocenters. The number of ether oxygens (including phenoxy) is 2. The fourth-order valence-corrected chi connectivity index (χ4v) is 7.61. The molecule has 0 saturated carbocycles. The van der Waals surface area contributed by atoms with E-state index in [4.69, 9.17) is 9.47 Å². The van der Waals surface area contributed by atoms with Crippen LogP contribution in [-0.4, -0.2) is 26.2 Å². The zero-order valence-corrected chi connectivity index (χ0v) is 21.2. The van der Waals surface area contributed by atoms with Crippen molar-refractivity contribution in [3.05, 3.63) is 114 Å². The highest BCUT2D eigenvalue weighted by atomic mass is 31.1. The first-order chi connectivity index (χ1) is 17.6. The van der Waals surface area contributed by atoms with E-state index in [1.807, 2.05) is 30.3 Å². The molecule has 0 unspecified atom stereocenters. The van der Waals surface area contributed by atoms with Crippen molar-refractivity contribution in [2.24, 2.45) is 5.41 Å². The van der Waals surface area contributed by atoms with Crippen molar-refractivity contribution in [1.29, 1.82) is 0 Å². The van der Waals surface area contributed by atoms with Gasteiger partial charge in [0.05, 0.1) is 14.2 Å². The van der Waals surface area contributed by atoms with Crippen molar-refractivity contribution in [2.45, 2.75) is 12.8 Å². The van der Waals surface area contributed by atoms with Gasteiger partial charge in [-0.15, -0.1) is 0 Å². The van der Waals surface area contributed by atoms with Crippen LogP contribution in [0.4, 0.5) is 0 Å². The Balaban J connectivity index is 1.75. The second-order valence-electron chi connectivity index (χ2n) is 8.93. The van der Waals surface area contributed by atoms with Crippen LogP contribution < -0.4 is 15.9 Å². The number of esters is 2. The Kier molecular flexibility index (Phi) is 6.71. The lowest BCUT2D eigenvalue weighted by Gasteiger charge is -2.24. The van der Waals surface area contributed by atoms with Gasteiger partial charge in [0.15, 0.2) is 5.41 Å². The third kappa shape index (κ3) is 4.23. The van der Waals surface area contributed by atoms with Gasteiger partial charge in [0.25, 0.3) is 0 Å². The SMILES string of the molecule is COC(=O)C1(C(=O)OC)Cc2cc(-c3ccccc3)c(P(c3ccccc3)c3ccccc3)cc2C1. The van der Waals surface area contributed by atoms with Gasteiger partial charge in [-0.1, -0.05) is 97.1 Å². The van der Waals surface area contributed by atoms with Crippen LogP contribution in [-0.2, 0) is 31.9 Å². The standard InChI is InChI=1S/C31H27O4P/c1-34-29(32)31(30(33)35-2)20-23-18-27(22-12-6-3-7-13-22)28(19-24(23)21-31)36(25-14-8-4-9-15-25)26-16-10-5-11-17-26/h3-19H,20-21H2,1-2H3. The third-order valence-corrected chi connectivity index (χ3v) is 9.29. The zero-order chi connectivity index (χ0) is 25.1. The normalized spacial score (nSPS) is 13.8. The summed E-state index contributed by atoms with van der Waals surface area (Å²) in [5, 5.41) is 3.67. The molecule has 0 heterocycles. The lowest BCUT2D eigenvalue weighted by Crippen LogP contribution is -2.42. The van der Waals surface area contributed by atoms with Gasteiger partial charge in [-0.3, -0.25) is 9.59 Å². The lowest BCUT2D eigenvalue weighted by molar-refractivity contribution is -0.168. The number of carbonyl (C=O) groups is 2. The van der Waals surface area contributed by atoms with Gasteiger partial charge in [0.1, 0.15) is 0 Å². The molecule has 4 aromatic rings. The third-order valence-electron chi connectivity index (χ3n) is 6.81. The molecule has 36 heavy (non-hydrogen) atoms. The van der Waals surface area contributed by atoms with Gasteiger partial charge in [-0.2, -0.15) is 0 Å². The fourth-order valence-electron chi connectivity index (χ4n) is 5.10. The highest BCUT2D eigenvalue weighted by Gasteiger charge is 2.52. The summed E-state index contributed by atoms with van der Waals surface area (Å²) in [7, 11) is 1.74. The zero-order valence-electron chi connectivity index (χ0n) is 20.3. The van der Waals surface area contributed by atoms with Gasteiger partial charge in [-0.05, 0) is 65.0 Å². The summed E-state index contributed by atoms with van der Waals surface area (Å²) in [6.07, 6.45) is 0.521. The molecule has 0 N–H and O–H groups in total. The molecule has 1 aliphatic carbocycles.